The Morgan fingerprint density at radius 1 is 1.08 bits per heavy atom. The number of anilines is 1. The van der Waals surface area contributed by atoms with Crippen molar-refractivity contribution >= 4 is 22.6 Å². The van der Waals surface area contributed by atoms with Gasteiger partial charge in [-0.15, -0.1) is 6.58 Å². The van der Waals surface area contributed by atoms with E-state index in [0.29, 0.717) is 37.6 Å². The van der Waals surface area contributed by atoms with Crippen molar-refractivity contribution in [3.8, 4) is 11.5 Å². The number of methoxy groups -OCH3 is 1. The first kappa shape index (κ1) is 23.7. The van der Waals surface area contributed by atoms with E-state index in [2.05, 4.69) is 17.2 Å². The highest BCUT2D eigenvalue weighted by Crippen LogP contribution is 2.34. The molecule has 0 radical (unpaired) electrons. The van der Waals surface area contributed by atoms with Gasteiger partial charge < -0.3 is 18.9 Å². The van der Waals surface area contributed by atoms with Crippen LogP contribution >= 0.6 is 0 Å². The maximum atomic E-state index is 13.0. The molecule has 36 heavy (non-hydrogen) atoms. The smallest absolute Gasteiger partial charge is 0.227 e. The van der Waals surface area contributed by atoms with Gasteiger partial charge in [0.2, 0.25) is 5.91 Å². The summed E-state index contributed by atoms with van der Waals surface area (Å²) in [5.74, 6) is 2.49. The molecule has 1 saturated heterocycles. The molecule has 1 aliphatic heterocycles. The van der Waals surface area contributed by atoms with E-state index >= 15 is 0 Å². The SMILES string of the molecule is C=CCc1ccc(OCCn2c(C3CC(=O)N(c4ccccc4C)C3)nc3ccccc32)c(OC)c1. The van der Waals surface area contributed by atoms with Gasteiger partial charge in [-0.2, -0.15) is 0 Å². The number of nitrogens with zero attached hydrogens (tertiary/aromatic N) is 3. The Hall–Kier alpha value is -4.06. The summed E-state index contributed by atoms with van der Waals surface area (Å²) in [5, 5.41) is 0. The third-order valence-corrected chi connectivity index (χ3v) is 6.76. The molecule has 0 bridgehead atoms. The van der Waals surface area contributed by atoms with Gasteiger partial charge >= 0.3 is 0 Å². The number of ether oxygens (including phenoxy) is 2. The summed E-state index contributed by atoms with van der Waals surface area (Å²) in [5.41, 5.74) is 5.18. The quantitative estimate of drug-likeness (QED) is 0.289. The second-order valence-corrected chi connectivity index (χ2v) is 9.13. The van der Waals surface area contributed by atoms with Gasteiger partial charge in [-0.05, 0) is 54.8 Å². The number of amides is 1. The second-order valence-electron chi connectivity index (χ2n) is 9.13. The van der Waals surface area contributed by atoms with Crippen molar-refractivity contribution in [2.24, 2.45) is 0 Å². The summed E-state index contributed by atoms with van der Waals surface area (Å²) in [6.07, 6.45) is 3.09. The Balaban J connectivity index is 1.38. The number of rotatable bonds is 9. The molecule has 4 aromatic rings. The van der Waals surface area contributed by atoms with Crippen molar-refractivity contribution in [1.82, 2.24) is 9.55 Å². The summed E-state index contributed by atoms with van der Waals surface area (Å²) in [6, 6.07) is 22.1. The summed E-state index contributed by atoms with van der Waals surface area (Å²) in [4.78, 5) is 19.9. The summed E-state index contributed by atoms with van der Waals surface area (Å²) in [7, 11) is 1.65. The zero-order chi connectivity index (χ0) is 25.1. The number of carbonyl (C=O) groups is 1. The molecular weight excluding hydrogens is 450 g/mol. The lowest BCUT2D eigenvalue weighted by atomic mass is 10.1. The number of aromatic nitrogens is 2. The van der Waals surface area contributed by atoms with E-state index in [9.17, 15) is 4.79 Å². The van der Waals surface area contributed by atoms with Gasteiger partial charge in [-0.3, -0.25) is 4.79 Å². The average Bonchev–Trinajstić information content (AvgIpc) is 3.45. The topological polar surface area (TPSA) is 56.6 Å². The van der Waals surface area contributed by atoms with Crippen LogP contribution in [0.5, 0.6) is 11.5 Å². The molecule has 0 aliphatic carbocycles. The van der Waals surface area contributed by atoms with Crippen molar-refractivity contribution < 1.29 is 14.3 Å². The van der Waals surface area contributed by atoms with Crippen molar-refractivity contribution in [3.05, 3.63) is 96.3 Å². The Morgan fingerprint density at radius 2 is 1.89 bits per heavy atom. The lowest BCUT2D eigenvalue weighted by Gasteiger charge is -2.19. The lowest BCUT2D eigenvalue weighted by Crippen LogP contribution is -2.25. The maximum absolute atomic E-state index is 13.0. The highest BCUT2D eigenvalue weighted by molar-refractivity contribution is 5.97. The molecule has 6 heteroatoms. The molecule has 1 unspecified atom stereocenters. The molecule has 1 amide bonds. The van der Waals surface area contributed by atoms with Gasteiger partial charge in [-0.25, -0.2) is 4.98 Å². The van der Waals surface area contributed by atoms with E-state index in [-0.39, 0.29) is 11.8 Å². The standard InChI is InChI=1S/C30H31N3O3/c1-4-9-22-14-15-27(28(18-22)35-3)36-17-16-32-26-13-8-6-11-24(26)31-30(32)23-19-29(34)33(20-23)25-12-7-5-10-21(25)2/h4-8,10-15,18,23H,1,9,16-17,19-20H2,2-3H3. The van der Waals surface area contributed by atoms with Crippen molar-refractivity contribution in [2.75, 3.05) is 25.2 Å². The van der Waals surface area contributed by atoms with Crippen LogP contribution in [0.1, 0.15) is 29.3 Å². The third kappa shape index (κ3) is 4.59. The van der Waals surface area contributed by atoms with Gasteiger partial charge in [0.15, 0.2) is 11.5 Å². The molecule has 0 spiro atoms. The molecule has 1 atom stereocenters. The fourth-order valence-electron chi connectivity index (χ4n) is 4.99. The molecule has 6 nitrogen and oxygen atoms in total. The van der Waals surface area contributed by atoms with Crippen LogP contribution in [0.3, 0.4) is 0 Å². The number of fused-ring (bicyclic) bond motifs is 1. The molecule has 5 rings (SSSR count). The first-order chi connectivity index (χ1) is 17.6. The Bertz CT molecular complexity index is 1410. The highest BCUT2D eigenvalue weighted by atomic mass is 16.5. The van der Waals surface area contributed by atoms with E-state index in [0.717, 1.165) is 40.1 Å². The Labute approximate surface area is 211 Å². The van der Waals surface area contributed by atoms with Crippen LogP contribution in [0, 0.1) is 6.92 Å². The monoisotopic (exact) mass is 481 g/mol. The van der Waals surface area contributed by atoms with Gasteiger partial charge in [0.1, 0.15) is 12.4 Å². The summed E-state index contributed by atoms with van der Waals surface area (Å²) in [6.45, 7) is 7.53. The molecule has 184 valence electrons. The van der Waals surface area contributed by atoms with E-state index in [1.165, 1.54) is 0 Å². The van der Waals surface area contributed by atoms with E-state index in [4.69, 9.17) is 14.5 Å². The number of imidazole rings is 1. The Kier molecular flexibility index (Phi) is 6.76. The normalized spacial score (nSPS) is 15.4. The van der Waals surface area contributed by atoms with Crippen molar-refractivity contribution in [3.63, 3.8) is 0 Å². The number of hydrogen-bond donors (Lipinski definition) is 0. The molecule has 0 N–H and O–H groups in total. The zero-order valence-electron chi connectivity index (χ0n) is 20.8. The molecule has 1 fully saturated rings. The number of para-hydroxylation sites is 3. The van der Waals surface area contributed by atoms with E-state index < -0.39 is 0 Å². The molecule has 1 aliphatic rings. The second kappa shape index (κ2) is 10.3. The number of hydrogen-bond acceptors (Lipinski definition) is 4. The fraction of sp³-hybridized carbons (Fsp3) is 0.267. The third-order valence-electron chi connectivity index (χ3n) is 6.76. The van der Waals surface area contributed by atoms with Crippen LogP contribution in [0.25, 0.3) is 11.0 Å². The Morgan fingerprint density at radius 3 is 2.69 bits per heavy atom. The lowest BCUT2D eigenvalue weighted by molar-refractivity contribution is -0.117. The number of carbonyl (C=O) groups excluding carboxylic acids is 1. The minimum atomic E-state index is 0.0113. The molecule has 1 aromatic heterocycles. The van der Waals surface area contributed by atoms with E-state index in [1.807, 2.05) is 78.6 Å². The van der Waals surface area contributed by atoms with Gasteiger partial charge in [-0.1, -0.05) is 42.5 Å². The van der Waals surface area contributed by atoms with Crippen LogP contribution in [0.15, 0.2) is 79.4 Å². The van der Waals surface area contributed by atoms with Crippen LogP contribution in [-0.2, 0) is 17.8 Å². The maximum Gasteiger partial charge on any atom is 0.227 e. The van der Waals surface area contributed by atoms with Crippen molar-refractivity contribution in [2.45, 2.75) is 32.2 Å². The first-order valence-corrected chi connectivity index (χ1v) is 12.3. The highest BCUT2D eigenvalue weighted by Gasteiger charge is 2.35. The van der Waals surface area contributed by atoms with Crippen LogP contribution in [-0.4, -0.2) is 35.7 Å². The number of aryl methyl sites for hydroxylation is 1. The number of benzene rings is 3. The van der Waals surface area contributed by atoms with Crippen LogP contribution in [0.4, 0.5) is 5.69 Å². The van der Waals surface area contributed by atoms with Crippen LogP contribution < -0.4 is 14.4 Å². The largest absolute Gasteiger partial charge is 0.493 e. The van der Waals surface area contributed by atoms with E-state index in [1.54, 1.807) is 7.11 Å². The summed E-state index contributed by atoms with van der Waals surface area (Å²) < 4.78 is 13.9. The van der Waals surface area contributed by atoms with Gasteiger partial charge in [0, 0.05) is 24.6 Å². The molecule has 3 aromatic carbocycles. The van der Waals surface area contributed by atoms with Gasteiger partial charge in [0.25, 0.3) is 0 Å². The average molecular weight is 482 g/mol. The van der Waals surface area contributed by atoms with Gasteiger partial charge in [0.05, 0.1) is 24.7 Å². The molecule has 2 heterocycles. The number of allylic oxidation sites excluding steroid dienone is 1. The molecule has 0 saturated carbocycles. The summed E-state index contributed by atoms with van der Waals surface area (Å²) >= 11 is 0. The first-order valence-electron chi connectivity index (χ1n) is 12.3. The van der Waals surface area contributed by atoms with Crippen LogP contribution in [0.2, 0.25) is 0 Å². The predicted molar refractivity (Wildman–Crippen MR) is 143 cm³/mol. The predicted octanol–water partition coefficient (Wildman–Crippen LogP) is 5.68. The zero-order valence-corrected chi connectivity index (χ0v) is 20.8. The minimum absolute atomic E-state index is 0.0113. The minimum Gasteiger partial charge on any atom is -0.493 e. The molecular formula is C30H31N3O3. The fourth-order valence-corrected chi connectivity index (χ4v) is 4.99. The van der Waals surface area contributed by atoms with Crippen molar-refractivity contribution in [1.29, 1.82) is 0 Å².